The van der Waals surface area contributed by atoms with E-state index in [0.29, 0.717) is 53.0 Å². The number of benzene rings is 1. The number of nitriles is 1. The quantitative estimate of drug-likeness (QED) is 0.323. The van der Waals surface area contributed by atoms with Crippen molar-refractivity contribution in [1.82, 2.24) is 24.6 Å². The summed E-state index contributed by atoms with van der Waals surface area (Å²) in [7, 11) is 0. The first-order valence-electron chi connectivity index (χ1n) is 14.5. The highest BCUT2D eigenvalue weighted by atomic mass is 35.5. The lowest BCUT2D eigenvalue weighted by molar-refractivity contribution is -0.201. The second kappa shape index (κ2) is 13.4. The zero-order valence-electron chi connectivity index (χ0n) is 24.3. The zero-order chi connectivity index (χ0) is 32.5. The maximum Gasteiger partial charge on any atom is 0.490 e. The van der Waals surface area contributed by atoms with E-state index < -0.39 is 36.6 Å². The Morgan fingerprint density at radius 3 is 2.71 bits per heavy atom. The number of hydrogen-bond acceptors (Lipinski definition) is 9. The van der Waals surface area contributed by atoms with Crippen LogP contribution in [0, 0.1) is 17.2 Å². The van der Waals surface area contributed by atoms with Gasteiger partial charge >= 0.3 is 12.1 Å². The van der Waals surface area contributed by atoms with Crippen LogP contribution in [0.3, 0.4) is 0 Å². The Morgan fingerprint density at radius 2 is 2.02 bits per heavy atom. The van der Waals surface area contributed by atoms with Crippen molar-refractivity contribution in [3.63, 3.8) is 0 Å². The van der Waals surface area contributed by atoms with E-state index >= 15 is 0 Å². The molecule has 2 aliphatic heterocycles. The van der Waals surface area contributed by atoms with Gasteiger partial charge in [-0.2, -0.15) is 23.5 Å². The van der Waals surface area contributed by atoms with Crippen molar-refractivity contribution in [3.05, 3.63) is 45.7 Å². The van der Waals surface area contributed by atoms with Gasteiger partial charge in [-0.05, 0) is 56.8 Å². The molecule has 11 nitrogen and oxygen atoms in total. The number of carbonyl (C=O) groups is 2. The number of alkyl halides is 3. The number of piperidine rings is 1. The summed E-state index contributed by atoms with van der Waals surface area (Å²) in [5.74, 6) is -2.72. The minimum Gasteiger partial charge on any atom is -0.459 e. The number of esters is 1. The van der Waals surface area contributed by atoms with Crippen LogP contribution in [0.4, 0.5) is 19.0 Å². The summed E-state index contributed by atoms with van der Waals surface area (Å²) >= 11 is 12.5. The molecule has 4 heterocycles. The minimum atomic E-state index is -5.11. The molecule has 240 valence electrons. The Labute approximate surface area is 267 Å². The molecule has 1 amide bonds. The van der Waals surface area contributed by atoms with Crippen molar-refractivity contribution in [1.29, 1.82) is 5.26 Å². The van der Waals surface area contributed by atoms with E-state index in [1.54, 1.807) is 22.9 Å². The van der Waals surface area contributed by atoms with E-state index in [4.69, 9.17) is 38.7 Å². The van der Waals surface area contributed by atoms with Crippen molar-refractivity contribution in [3.8, 4) is 6.07 Å². The fraction of sp³-hybridized carbons (Fsp3) is 0.517. The predicted molar refractivity (Wildman–Crippen MR) is 160 cm³/mol. The highest BCUT2D eigenvalue weighted by Gasteiger charge is 2.44. The molecule has 3 aromatic rings. The van der Waals surface area contributed by atoms with Crippen LogP contribution in [0.5, 0.6) is 0 Å². The number of aromatic nitrogens is 4. The van der Waals surface area contributed by atoms with E-state index in [9.17, 15) is 28.0 Å². The molecule has 2 N–H and O–H groups in total. The Kier molecular flexibility index (Phi) is 9.71. The van der Waals surface area contributed by atoms with E-state index in [0.717, 1.165) is 12.8 Å². The molecular weight excluding hydrogens is 636 g/mol. The number of hydrogen-bond donors (Lipinski definition) is 1. The maximum atomic E-state index is 13.0. The topological polar surface area (TPSA) is 143 Å². The minimum absolute atomic E-state index is 0.0472. The highest BCUT2D eigenvalue weighted by Crippen LogP contribution is 2.35. The monoisotopic (exact) mass is 666 g/mol. The van der Waals surface area contributed by atoms with Crippen molar-refractivity contribution in [2.75, 3.05) is 31.1 Å². The lowest BCUT2D eigenvalue weighted by atomic mass is 9.90. The number of nitrogens with zero attached hydrogens (tertiary/aromatic N) is 7. The number of halogens is 5. The first-order valence-corrected chi connectivity index (χ1v) is 15.3. The molecule has 4 unspecified atom stereocenters. The molecule has 16 heteroatoms. The third kappa shape index (κ3) is 7.10. The molecule has 2 saturated heterocycles. The number of rotatable bonds is 9. The average molecular weight is 668 g/mol. The number of amides is 1. The molecule has 2 aromatic heterocycles. The van der Waals surface area contributed by atoms with Gasteiger partial charge in [0, 0.05) is 47.6 Å². The first kappa shape index (κ1) is 32.7. The zero-order valence-corrected chi connectivity index (χ0v) is 25.8. The van der Waals surface area contributed by atoms with Crippen LogP contribution in [0.1, 0.15) is 56.3 Å². The van der Waals surface area contributed by atoms with Gasteiger partial charge in [0.1, 0.15) is 17.4 Å². The maximum absolute atomic E-state index is 13.0. The molecule has 2 aliphatic rings. The molecular formula is C29H31Cl2F3N8O3. The van der Waals surface area contributed by atoms with E-state index in [1.165, 1.54) is 6.20 Å². The third-order valence-corrected chi connectivity index (χ3v) is 9.09. The number of likely N-dealkylation sites (tertiary alicyclic amines) is 1. The number of primary amides is 1. The molecule has 0 bridgehead atoms. The predicted octanol–water partition coefficient (Wildman–Crippen LogP) is 4.64. The molecule has 0 spiro atoms. The number of fused-ring (bicyclic) bond motifs is 1. The Balaban J connectivity index is 1.44. The smallest absolute Gasteiger partial charge is 0.459 e. The second-order valence-corrected chi connectivity index (χ2v) is 12.2. The SMILES string of the molecule is CC(c1ccc(Cl)cc1Cl)n1nc(C#N)c2ncc(N3CCC(N4CCCC4CCC(N)=O)C(COC(=O)C(F)(F)F)C3)nc21. The molecule has 2 fully saturated rings. The summed E-state index contributed by atoms with van der Waals surface area (Å²) in [6.45, 7) is 2.83. The number of carbonyl (C=O) groups excluding carboxylic acids is 2. The molecule has 0 radical (unpaired) electrons. The Hall–Kier alpha value is -3.67. The van der Waals surface area contributed by atoms with Crippen molar-refractivity contribution >= 4 is 52.1 Å². The number of ether oxygens (including phenoxy) is 1. The first-order chi connectivity index (χ1) is 21.4. The van der Waals surface area contributed by atoms with Gasteiger partial charge in [0.25, 0.3) is 0 Å². The fourth-order valence-electron chi connectivity index (χ4n) is 6.38. The lowest BCUT2D eigenvalue weighted by Gasteiger charge is -2.44. The third-order valence-electron chi connectivity index (χ3n) is 8.53. The van der Waals surface area contributed by atoms with Gasteiger partial charge in [-0.25, -0.2) is 19.4 Å². The highest BCUT2D eigenvalue weighted by molar-refractivity contribution is 6.35. The van der Waals surface area contributed by atoms with Crippen LogP contribution < -0.4 is 10.6 Å². The summed E-state index contributed by atoms with van der Waals surface area (Å²) in [4.78, 5) is 36.5. The lowest BCUT2D eigenvalue weighted by Crippen LogP contribution is -2.54. The van der Waals surface area contributed by atoms with Crippen molar-refractivity contribution < 1.29 is 27.5 Å². The summed E-state index contributed by atoms with van der Waals surface area (Å²) in [5.41, 5.74) is 6.77. The van der Waals surface area contributed by atoms with Gasteiger partial charge in [-0.15, -0.1) is 0 Å². The Bertz CT molecular complexity index is 1630. The molecule has 5 rings (SSSR count). The largest absolute Gasteiger partial charge is 0.490 e. The van der Waals surface area contributed by atoms with Gasteiger partial charge in [0.05, 0.1) is 18.8 Å². The summed E-state index contributed by atoms with van der Waals surface area (Å²) in [5, 5.41) is 15.0. The van der Waals surface area contributed by atoms with Crippen LogP contribution in [-0.4, -0.2) is 81.0 Å². The van der Waals surface area contributed by atoms with Gasteiger partial charge in [0.15, 0.2) is 11.3 Å². The van der Waals surface area contributed by atoms with Crippen LogP contribution in [0.2, 0.25) is 10.0 Å². The van der Waals surface area contributed by atoms with Gasteiger partial charge in [-0.3, -0.25) is 9.69 Å². The second-order valence-electron chi connectivity index (χ2n) is 11.3. The fourth-order valence-corrected chi connectivity index (χ4v) is 6.94. The molecule has 0 aliphatic carbocycles. The molecule has 0 saturated carbocycles. The molecule has 4 atom stereocenters. The normalized spacial score (nSPS) is 21.5. The molecule has 45 heavy (non-hydrogen) atoms. The number of anilines is 1. The van der Waals surface area contributed by atoms with Crippen molar-refractivity contribution in [2.45, 2.75) is 63.3 Å². The Morgan fingerprint density at radius 1 is 1.24 bits per heavy atom. The van der Waals surface area contributed by atoms with Crippen molar-refractivity contribution in [2.24, 2.45) is 11.7 Å². The number of nitrogens with two attached hydrogens (primary N) is 1. The summed E-state index contributed by atoms with van der Waals surface area (Å²) in [6.07, 6.45) is -0.596. The molecule has 1 aromatic carbocycles. The van der Waals surface area contributed by atoms with E-state index in [2.05, 4.69) is 15.0 Å². The van der Waals surface area contributed by atoms with E-state index in [1.807, 2.05) is 17.9 Å². The average Bonchev–Trinajstić information content (AvgIpc) is 3.62. The summed E-state index contributed by atoms with van der Waals surface area (Å²) in [6, 6.07) is 6.52. The van der Waals surface area contributed by atoms with Crippen LogP contribution in [0.15, 0.2) is 24.4 Å². The van der Waals surface area contributed by atoms with Crippen LogP contribution in [0.25, 0.3) is 11.2 Å². The van der Waals surface area contributed by atoms with Crippen LogP contribution in [-0.2, 0) is 14.3 Å². The van der Waals surface area contributed by atoms with Gasteiger partial charge in [0.2, 0.25) is 5.91 Å². The summed E-state index contributed by atoms with van der Waals surface area (Å²) < 4.78 is 45.4. The standard InChI is InChI=1S/C29H31Cl2F3N8O3/c1-16(20-6-4-18(30)11-21(20)31)42-27-26(22(12-35)39-42)37-13-25(38-27)40-10-8-23(17(14-40)15-45-28(44)29(32,33)34)41-9-2-3-19(41)5-7-24(36)43/h4,6,11,13,16-17,19,23H,2-3,5,7-10,14-15H2,1H3,(H2,36,43). The van der Waals surface area contributed by atoms with Gasteiger partial charge < -0.3 is 15.4 Å². The van der Waals surface area contributed by atoms with Gasteiger partial charge in [-0.1, -0.05) is 29.3 Å². The van der Waals surface area contributed by atoms with Crippen LogP contribution >= 0.6 is 23.2 Å². The van der Waals surface area contributed by atoms with E-state index in [-0.39, 0.29) is 36.3 Å².